The van der Waals surface area contributed by atoms with E-state index in [2.05, 4.69) is 0 Å². The van der Waals surface area contributed by atoms with Gasteiger partial charge in [-0.2, -0.15) is 0 Å². The normalized spacial score (nSPS) is 12.6. The Morgan fingerprint density at radius 1 is 1.32 bits per heavy atom. The Kier molecular flexibility index (Phi) is 5.08. The number of ether oxygens (including phenoxy) is 3. The van der Waals surface area contributed by atoms with E-state index < -0.39 is 5.97 Å². The van der Waals surface area contributed by atoms with E-state index in [0.29, 0.717) is 49.0 Å². The van der Waals surface area contributed by atoms with Gasteiger partial charge in [0.25, 0.3) is 5.91 Å². The summed E-state index contributed by atoms with van der Waals surface area (Å²) in [5, 5.41) is 8.63. The van der Waals surface area contributed by atoms with Gasteiger partial charge in [-0.05, 0) is 18.6 Å². The predicted octanol–water partition coefficient (Wildman–Crippen LogP) is 1.40. The smallest absolute Gasteiger partial charge is 0.303 e. The summed E-state index contributed by atoms with van der Waals surface area (Å²) in [6.45, 7) is 1.22. The van der Waals surface area contributed by atoms with Gasteiger partial charge >= 0.3 is 5.97 Å². The summed E-state index contributed by atoms with van der Waals surface area (Å²) in [4.78, 5) is 24.4. The number of hydrogen-bond donors (Lipinski definition) is 1. The molecule has 120 valence electrons. The maximum atomic E-state index is 12.4. The zero-order valence-corrected chi connectivity index (χ0v) is 12.6. The Hall–Kier alpha value is -2.44. The summed E-state index contributed by atoms with van der Waals surface area (Å²) >= 11 is 0. The molecule has 1 aliphatic rings. The fraction of sp³-hybridized carbons (Fsp3) is 0.467. The van der Waals surface area contributed by atoms with E-state index in [1.54, 1.807) is 19.2 Å². The van der Waals surface area contributed by atoms with Crippen LogP contribution in [-0.4, -0.2) is 55.8 Å². The second-order valence-electron chi connectivity index (χ2n) is 4.93. The predicted molar refractivity (Wildman–Crippen MR) is 77.8 cm³/mol. The van der Waals surface area contributed by atoms with Gasteiger partial charge < -0.3 is 24.2 Å². The van der Waals surface area contributed by atoms with Crippen molar-refractivity contribution in [2.75, 3.05) is 33.9 Å². The molecule has 0 aliphatic carbocycles. The number of carboxylic acids is 1. The number of benzene rings is 1. The van der Waals surface area contributed by atoms with Crippen molar-refractivity contribution in [3.63, 3.8) is 0 Å². The SMILES string of the molecule is COc1cc(C(=O)N(C)CCCC(=O)O)cc2c1OCCO2. The Morgan fingerprint density at radius 2 is 2.05 bits per heavy atom. The van der Waals surface area contributed by atoms with Crippen LogP contribution < -0.4 is 14.2 Å². The van der Waals surface area contributed by atoms with Crippen LogP contribution in [0.4, 0.5) is 0 Å². The third-order valence-electron chi connectivity index (χ3n) is 3.31. The van der Waals surface area contributed by atoms with Crippen molar-refractivity contribution in [2.24, 2.45) is 0 Å². The number of methoxy groups -OCH3 is 1. The Morgan fingerprint density at radius 3 is 2.73 bits per heavy atom. The second-order valence-corrected chi connectivity index (χ2v) is 4.93. The summed E-state index contributed by atoms with van der Waals surface area (Å²) in [6.07, 6.45) is 0.432. The molecular formula is C15H19NO6. The highest BCUT2D eigenvalue weighted by Crippen LogP contribution is 2.40. The summed E-state index contributed by atoms with van der Waals surface area (Å²) in [7, 11) is 3.13. The molecule has 1 aliphatic heterocycles. The van der Waals surface area contributed by atoms with E-state index >= 15 is 0 Å². The van der Waals surface area contributed by atoms with Crippen LogP contribution in [0.2, 0.25) is 0 Å². The topological polar surface area (TPSA) is 85.3 Å². The van der Waals surface area contributed by atoms with Gasteiger partial charge in [0.1, 0.15) is 13.2 Å². The van der Waals surface area contributed by atoms with Crippen molar-refractivity contribution < 1.29 is 28.9 Å². The summed E-state index contributed by atoms with van der Waals surface area (Å²) < 4.78 is 16.2. The fourth-order valence-corrected chi connectivity index (χ4v) is 2.19. The molecule has 0 atom stereocenters. The van der Waals surface area contributed by atoms with Crippen LogP contribution in [0.3, 0.4) is 0 Å². The molecular weight excluding hydrogens is 290 g/mol. The number of nitrogens with zero attached hydrogens (tertiary/aromatic N) is 1. The standard InChI is InChI=1S/C15H19NO6/c1-16(5-3-4-13(17)18)15(19)10-8-11(20-2)14-12(9-10)21-6-7-22-14/h8-9H,3-7H2,1-2H3,(H,17,18). The molecule has 0 fully saturated rings. The van der Waals surface area contributed by atoms with Crippen LogP contribution in [0.5, 0.6) is 17.2 Å². The average Bonchev–Trinajstić information content (AvgIpc) is 2.52. The van der Waals surface area contributed by atoms with Crippen LogP contribution >= 0.6 is 0 Å². The summed E-state index contributed by atoms with van der Waals surface area (Å²) in [5.41, 5.74) is 0.416. The van der Waals surface area contributed by atoms with Crippen molar-refractivity contribution >= 4 is 11.9 Å². The zero-order chi connectivity index (χ0) is 16.1. The minimum Gasteiger partial charge on any atom is -0.493 e. The van der Waals surface area contributed by atoms with Crippen molar-refractivity contribution in [1.29, 1.82) is 0 Å². The summed E-state index contributed by atoms with van der Waals surface area (Å²) in [5.74, 6) is 0.328. The highest BCUT2D eigenvalue weighted by atomic mass is 16.6. The Bertz CT molecular complexity index is 554. The lowest BCUT2D eigenvalue weighted by molar-refractivity contribution is -0.137. The van der Waals surface area contributed by atoms with E-state index in [9.17, 15) is 9.59 Å². The van der Waals surface area contributed by atoms with Crippen LogP contribution in [0.1, 0.15) is 23.2 Å². The van der Waals surface area contributed by atoms with Gasteiger partial charge in [-0.1, -0.05) is 0 Å². The zero-order valence-electron chi connectivity index (χ0n) is 12.6. The first-order valence-electron chi connectivity index (χ1n) is 6.98. The molecule has 1 aromatic rings. The molecule has 1 aromatic carbocycles. The van der Waals surface area contributed by atoms with Gasteiger partial charge in [-0.25, -0.2) is 0 Å². The Labute approximate surface area is 128 Å². The number of amides is 1. The molecule has 0 saturated carbocycles. The number of hydrogen-bond acceptors (Lipinski definition) is 5. The molecule has 0 unspecified atom stereocenters. The first-order chi connectivity index (χ1) is 10.5. The van der Waals surface area contributed by atoms with Crippen LogP contribution in [0.15, 0.2) is 12.1 Å². The number of carboxylic acid groups (broad SMARTS) is 1. The van der Waals surface area contributed by atoms with E-state index in [1.165, 1.54) is 12.0 Å². The quantitative estimate of drug-likeness (QED) is 0.855. The number of carbonyl (C=O) groups excluding carboxylic acids is 1. The van der Waals surface area contributed by atoms with Crippen molar-refractivity contribution in [2.45, 2.75) is 12.8 Å². The molecule has 7 nitrogen and oxygen atoms in total. The van der Waals surface area contributed by atoms with Crippen molar-refractivity contribution in [3.8, 4) is 17.2 Å². The van der Waals surface area contributed by atoms with Gasteiger partial charge in [-0.3, -0.25) is 9.59 Å². The molecule has 0 bridgehead atoms. The molecule has 1 N–H and O–H groups in total. The number of fused-ring (bicyclic) bond motifs is 1. The van der Waals surface area contributed by atoms with Crippen LogP contribution in [-0.2, 0) is 4.79 Å². The van der Waals surface area contributed by atoms with E-state index in [1.807, 2.05) is 0 Å². The third-order valence-corrected chi connectivity index (χ3v) is 3.31. The molecule has 7 heteroatoms. The molecule has 0 saturated heterocycles. The monoisotopic (exact) mass is 309 g/mol. The lowest BCUT2D eigenvalue weighted by Crippen LogP contribution is -2.28. The maximum absolute atomic E-state index is 12.4. The van der Waals surface area contributed by atoms with E-state index in [4.69, 9.17) is 19.3 Å². The lowest BCUT2D eigenvalue weighted by atomic mass is 10.1. The van der Waals surface area contributed by atoms with Gasteiger partial charge in [0, 0.05) is 25.6 Å². The second kappa shape index (κ2) is 7.02. The minimum atomic E-state index is -0.873. The van der Waals surface area contributed by atoms with Gasteiger partial charge in [-0.15, -0.1) is 0 Å². The van der Waals surface area contributed by atoms with Gasteiger partial charge in [0.2, 0.25) is 5.75 Å². The van der Waals surface area contributed by atoms with Crippen LogP contribution in [0.25, 0.3) is 0 Å². The lowest BCUT2D eigenvalue weighted by Gasteiger charge is -2.22. The van der Waals surface area contributed by atoms with Crippen molar-refractivity contribution in [3.05, 3.63) is 17.7 Å². The van der Waals surface area contributed by atoms with E-state index in [-0.39, 0.29) is 12.3 Å². The number of aliphatic carboxylic acids is 1. The number of carbonyl (C=O) groups is 2. The maximum Gasteiger partial charge on any atom is 0.303 e. The van der Waals surface area contributed by atoms with E-state index in [0.717, 1.165) is 0 Å². The van der Waals surface area contributed by atoms with Crippen molar-refractivity contribution in [1.82, 2.24) is 4.90 Å². The molecule has 0 aromatic heterocycles. The minimum absolute atomic E-state index is 0.0298. The highest BCUT2D eigenvalue weighted by Gasteiger charge is 2.22. The molecule has 1 amide bonds. The fourth-order valence-electron chi connectivity index (χ4n) is 2.19. The average molecular weight is 309 g/mol. The molecule has 1 heterocycles. The van der Waals surface area contributed by atoms with Crippen LogP contribution in [0, 0.1) is 0 Å². The highest BCUT2D eigenvalue weighted by molar-refractivity contribution is 5.95. The first-order valence-corrected chi connectivity index (χ1v) is 6.98. The first kappa shape index (κ1) is 15.9. The molecule has 22 heavy (non-hydrogen) atoms. The Balaban J connectivity index is 2.13. The molecule has 0 radical (unpaired) electrons. The molecule has 0 spiro atoms. The molecule has 2 rings (SSSR count). The number of rotatable bonds is 6. The van der Waals surface area contributed by atoms with Gasteiger partial charge in [0.15, 0.2) is 11.5 Å². The third kappa shape index (κ3) is 3.60. The van der Waals surface area contributed by atoms with Gasteiger partial charge in [0.05, 0.1) is 7.11 Å². The largest absolute Gasteiger partial charge is 0.493 e. The summed E-state index contributed by atoms with van der Waals surface area (Å²) in [6, 6.07) is 3.22.